The lowest BCUT2D eigenvalue weighted by atomic mass is 9.87. The molecule has 0 aromatic heterocycles. The monoisotopic (exact) mass is 307 g/mol. The van der Waals surface area contributed by atoms with Gasteiger partial charge in [-0.3, -0.25) is 0 Å². The highest BCUT2D eigenvalue weighted by Crippen LogP contribution is 2.35. The van der Waals surface area contributed by atoms with E-state index in [1.165, 1.54) is 49.7 Å². The van der Waals surface area contributed by atoms with Crippen molar-refractivity contribution in [2.45, 2.75) is 57.4 Å². The third kappa shape index (κ3) is 3.54. The van der Waals surface area contributed by atoms with Crippen molar-refractivity contribution in [2.24, 2.45) is 5.92 Å². The number of hydrogen-bond acceptors (Lipinski definition) is 2. The van der Waals surface area contributed by atoms with Gasteiger partial charge in [0.05, 0.1) is 6.61 Å². The maximum absolute atomic E-state index is 6.29. The number of hydrogen-bond donors (Lipinski definition) is 1. The summed E-state index contributed by atoms with van der Waals surface area (Å²) >= 11 is 6.29. The summed E-state index contributed by atoms with van der Waals surface area (Å²) < 4.78 is 5.86. The minimum atomic E-state index is 0.537. The van der Waals surface area contributed by atoms with Gasteiger partial charge in [0.25, 0.3) is 0 Å². The van der Waals surface area contributed by atoms with Crippen molar-refractivity contribution < 1.29 is 4.74 Å². The van der Waals surface area contributed by atoms with E-state index in [0.29, 0.717) is 6.04 Å². The van der Waals surface area contributed by atoms with Gasteiger partial charge in [-0.1, -0.05) is 37.3 Å². The van der Waals surface area contributed by atoms with Gasteiger partial charge in [-0.2, -0.15) is 0 Å². The van der Waals surface area contributed by atoms with Gasteiger partial charge in [0.2, 0.25) is 0 Å². The third-order valence-corrected chi connectivity index (χ3v) is 5.32. The molecule has 1 N–H and O–H groups in total. The molecule has 1 aromatic rings. The van der Waals surface area contributed by atoms with E-state index in [9.17, 15) is 0 Å². The lowest BCUT2D eigenvalue weighted by Gasteiger charge is -2.26. The number of halogens is 1. The number of ether oxygens (including phenoxy) is 1. The standard InChI is InChI=1S/C18H26ClNO/c1-20-17(13-6-4-2-3-5-7-13)12-15-11-16(19)10-14-8-9-21-18(14)15/h10-11,13,17,20H,2-9,12H2,1H3. The smallest absolute Gasteiger partial charge is 0.125 e. The van der Waals surface area contributed by atoms with Crippen molar-refractivity contribution in [3.8, 4) is 5.75 Å². The zero-order valence-electron chi connectivity index (χ0n) is 13.0. The second-order valence-corrected chi connectivity index (χ2v) is 6.94. The fraction of sp³-hybridized carbons (Fsp3) is 0.667. The molecule has 0 amide bonds. The van der Waals surface area contributed by atoms with Gasteiger partial charge in [0.1, 0.15) is 5.75 Å². The number of nitrogens with one attached hydrogen (secondary N) is 1. The average molecular weight is 308 g/mol. The quantitative estimate of drug-likeness (QED) is 0.834. The van der Waals surface area contributed by atoms with E-state index in [0.717, 1.165) is 36.1 Å². The lowest BCUT2D eigenvalue weighted by Crippen LogP contribution is -2.35. The molecule has 3 heteroatoms. The number of fused-ring (bicyclic) bond motifs is 1. The van der Waals surface area contributed by atoms with Gasteiger partial charge < -0.3 is 10.1 Å². The summed E-state index contributed by atoms with van der Waals surface area (Å²) in [5.74, 6) is 1.89. The predicted molar refractivity (Wildman–Crippen MR) is 88.4 cm³/mol. The van der Waals surface area contributed by atoms with Crippen molar-refractivity contribution in [1.82, 2.24) is 5.32 Å². The Hall–Kier alpha value is -0.730. The zero-order chi connectivity index (χ0) is 14.7. The Bertz CT molecular complexity index is 480. The lowest BCUT2D eigenvalue weighted by molar-refractivity contribution is 0.322. The van der Waals surface area contributed by atoms with Gasteiger partial charge in [-0.15, -0.1) is 0 Å². The van der Waals surface area contributed by atoms with Crippen molar-refractivity contribution in [1.29, 1.82) is 0 Å². The molecular weight excluding hydrogens is 282 g/mol. The number of rotatable bonds is 4. The average Bonchev–Trinajstić information content (AvgIpc) is 2.78. The van der Waals surface area contributed by atoms with Crippen LogP contribution in [0.2, 0.25) is 5.02 Å². The first-order chi connectivity index (χ1) is 10.3. The molecule has 1 atom stereocenters. The molecule has 1 aromatic carbocycles. The Kier molecular flexibility index (Phi) is 5.07. The molecule has 0 radical (unpaired) electrons. The molecule has 1 aliphatic heterocycles. The van der Waals surface area contributed by atoms with Crippen LogP contribution in [0.25, 0.3) is 0 Å². The molecule has 21 heavy (non-hydrogen) atoms. The first-order valence-electron chi connectivity index (χ1n) is 8.39. The molecule has 0 saturated heterocycles. The van der Waals surface area contributed by atoms with Gasteiger partial charge >= 0.3 is 0 Å². The summed E-state index contributed by atoms with van der Waals surface area (Å²) in [5.41, 5.74) is 2.58. The summed E-state index contributed by atoms with van der Waals surface area (Å²) in [6, 6.07) is 4.70. The van der Waals surface area contributed by atoms with Crippen molar-refractivity contribution in [3.05, 3.63) is 28.3 Å². The normalized spacial score (nSPS) is 20.7. The third-order valence-electron chi connectivity index (χ3n) is 5.10. The minimum absolute atomic E-state index is 0.537. The summed E-state index contributed by atoms with van der Waals surface area (Å²) in [7, 11) is 2.10. The topological polar surface area (TPSA) is 21.3 Å². The maximum Gasteiger partial charge on any atom is 0.125 e. The molecule has 3 rings (SSSR count). The fourth-order valence-electron chi connectivity index (χ4n) is 3.95. The molecule has 1 saturated carbocycles. The van der Waals surface area contributed by atoms with Crippen molar-refractivity contribution in [3.63, 3.8) is 0 Å². The fourth-order valence-corrected chi connectivity index (χ4v) is 4.22. The second kappa shape index (κ2) is 7.02. The van der Waals surface area contributed by atoms with E-state index >= 15 is 0 Å². The molecule has 1 heterocycles. The Morgan fingerprint density at radius 1 is 1.24 bits per heavy atom. The first-order valence-corrected chi connectivity index (χ1v) is 8.77. The molecular formula is C18H26ClNO. The largest absolute Gasteiger partial charge is 0.493 e. The van der Waals surface area contributed by atoms with E-state index in [2.05, 4.69) is 24.5 Å². The van der Waals surface area contributed by atoms with Crippen LogP contribution in [0.4, 0.5) is 0 Å². The van der Waals surface area contributed by atoms with Crippen LogP contribution in [0.1, 0.15) is 49.7 Å². The maximum atomic E-state index is 6.29. The molecule has 2 nitrogen and oxygen atoms in total. The van der Waals surface area contributed by atoms with Crippen LogP contribution >= 0.6 is 11.6 Å². The van der Waals surface area contributed by atoms with E-state index in [4.69, 9.17) is 16.3 Å². The predicted octanol–water partition coefficient (Wildman–Crippen LogP) is 4.38. The van der Waals surface area contributed by atoms with Gasteiger partial charge in [0, 0.05) is 17.5 Å². The highest BCUT2D eigenvalue weighted by Gasteiger charge is 2.25. The van der Waals surface area contributed by atoms with E-state index < -0.39 is 0 Å². The molecule has 1 fully saturated rings. The SMILES string of the molecule is CNC(Cc1cc(Cl)cc2c1OCC2)C1CCCCCC1. The molecule has 116 valence electrons. The van der Waals surface area contributed by atoms with Crippen LogP contribution in [-0.4, -0.2) is 19.7 Å². The zero-order valence-corrected chi connectivity index (χ0v) is 13.7. The molecule has 0 spiro atoms. The van der Waals surface area contributed by atoms with Gasteiger partial charge in [0.15, 0.2) is 0 Å². The number of likely N-dealkylation sites (N-methyl/N-ethyl adjacent to an activating group) is 1. The highest BCUT2D eigenvalue weighted by molar-refractivity contribution is 6.30. The highest BCUT2D eigenvalue weighted by atomic mass is 35.5. The van der Waals surface area contributed by atoms with Crippen LogP contribution < -0.4 is 10.1 Å². The van der Waals surface area contributed by atoms with Crippen LogP contribution in [0, 0.1) is 5.92 Å². The second-order valence-electron chi connectivity index (χ2n) is 6.50. The summed E-state index contributed by atoms with van der Waals surface area (Å²) in [6.45, 7) is 0.802. The van der Waals surface area contributed by atoms with Crippen LogP contribution in [0.15, 0.2) is 12.1 Å². The number of benzene rings is 1. The van der Waals surface area contributed by atoms with Crippen molar-refractivity contribution in [2.75, 3.05) is 13.7 Å². The summed E-state index contributed by atoms with van der Waals surface area (Å²) in [6.07, 6.45) is 10.3. The summed E-state index contributed by atoms with van der Waals surface area (Å²) in [4.78, 5) is 0. The van der Waals surface area contributed by atoms with Crippen LogP contribution in [-0.2, 0) is 12.8 Å². The Morgan fingerprint density at radius 3 is 2.71 bits per heavy atom. The van der Waals surface area contributed by atoms with Gasteiger partial charge in [-0.05, 0) is 55.5 Å². The minimum Gasteiger partial charge on any atom is -0.493 e. The Morgan fingerprint density at radius 2 is 2.00 bits per heavy atom. The Labute approximate surface area is 133 Å². The summed E-state index contributed by atoms with van der Waals surface area (Å²) in [5, 5.41) is 4.41. The molecule has 1 aliphatic carbocycles. The van der Waals surface area contributed by atoms with E-state index in [1.807, 2.05) is 0 Å². The molecule has 0 bridgehead atoms. The van der Waals surface area contributed by atoms with Gasteiger partial charge in [-0.25, -0.2) is 0 Å². The van der Waals surface area contributed by atoms with Crippen molar-refractivity contribution >= 4 is 11.6 Å². The molecule has 1 unspecified atom stereocenters. The molecule has 2 aliphatic rings. The Balaban J connectivity index is 1.77. The van der Waals surface area contributed by atoms with Crippen LogP contribution in [0.3, 0.4) is 0 Å². The van der Waals surface area contributed by atoms with E-state index in [-0.39, 0.29) is 0 Å². The van der Waals surface area contributed by atoms with Crippen LogP contribution in [0.5, 0.6) is 5.75 Å². The van der Waals surface area contributed by atoms with E-state index in [1.54, 1.807) is 0 Å². The first kappa shape index (κ1) is 15.2.